The van der Waals surface area contributed by atoms with Crippen molar-refractivity contribution >= 4 is 28.9 Å². The number of nitrogens with zero attached hydrogens (tertiary/aromatic N) is 1. The summed E-state index contributed by atoms with van der Waals surface area (Å²) in [5.74, 6) is -0.469. The van der Waals surface area contributed by atoms with Crippen LogP contribution >= 0.6 is 11.6 Å². The minimum atomic E-state index is -0.429. The number of aryl methyl sites for hydroxylation is 1. The van der Waals surface area contributed by atoms with E-state index in [-0.39, 0.29) is 46.5 Å². The van der Waals surface area contributed by atoms with E-state index in [1.165, 1.54) is 31.4 Å². The van der Waals surface area contributed by atoms with Crippen molar-refractivity contribution < 1.29 is 29.7 Å². The Bertz CT molecular complexity index is 823. The number of esters is 1. The van der Waals surface area contributed by atoms with Crippen LogP contribution in [0.2, 0.25) is 5.02 Å². The van der Waals surface area contributed by atoms with E-state index in [0.717, 1.165) is 5.06 Å². The molecule has 3 N–H and O–H groups in total. The number of methoxy groups -OCH3 is 1. The van der Waals surface area contributed by atoms with Crippen LogP contribution < -0.4 is 9.80 Å². The summed E-state index contributed by atoms with van der Waals surface area (Å²) in [4.78, 5) is 11.3. The molecule has 0 aromatic heterocycles. The van der Waals surface area contributed by atoms with Gasteiger partial charge in [0.25, 0.3) is 0 Å². The van der Waals surface area contributed by atoms with Crippen LogP contribution in [-0.2, 0) is 16.0 Å². The number of phenols is 2. The Morgan fingerprint density at radius 2 is 2.04 bits per heavy atom. The van der Waals surface area contributed by atoms with E-state index >= 15 is 0 Å². The largest absolute Gasteiger partial charge is 0.508 e. The number of phenolic OH excluding ortho intramolecular Hbond substituents is 2. The number of hydrogen-bond donors (Lipinski definition) is 3. The summed E-state index contributed by atoms with van der Waals surface area (Å²) >= 11 is 6.15. The van der Waals surface area contributed by atoms with Crippen molar-refractivity contribution in [2.24, 2.45) is 0 Å². The number of hydrogen-bond acceptors (Lipinski definition) is 7. The van der Waals surface area contributed by atoms with Gasteiger partial charge in [-0.15, -0.1) is 0 Å². The molecule has 0 amide bonds. The van der Waals surface area contributed by atoms with Crippen molar-refractivity contribution in [2.45, 2.75) is 12.8 Å². The zero-order valence-electron chi connectivity index (χ0n) is 12.6. The molecule has 2 aromatic rings. The van der Waals surface area contributed by atoms with Gasteiger partial charge in [-0.1, -0.05) is 11.6 Å². The third-order valence-corrected chi connectivity index (χ3v) is 4.04. The molecule has 3 rings (SSSR count). The van der Waals surface area contributed by atoms with Gasteiger partial charge >= 0.3 is 5.97 Å². The summed E-state index contributed by atoms with van der Waals surface area (Å²) in [7, 11) is 1.28. The fourth-order valence-electron chi connectivity index (χ4n) is 2.44. The molecular formula is C16H14ClNO6. The molecule has 0 atom stereocenters. The normalized spacial score (nSPS) is 12.2. The molecule has 0 radical (unpaired) electrons. The van der Waals surface area contributed by atoms with Crippen LogP contribution in [0.25, 0.3) is 0 Å². The molecule has 0 aliphatic carbocycles. The molecule has 7 nitrogen and oxygen atoms in total. The zero-order valence-corrected chi connectivity index (χ0v) is 13.4. The lowest BCUT2D eigenvalue weighted by atomic mass is 10.1. The highest BCUT2D eigenvalue weighted by molar-refractivity contribution is 6.34. The van der Waals surface area contributed by atoms with Gasteiger partial charge < -0.3 is 19.7 Å². The molecule has 8 heteroatoms. The molecule has 1 aliphatic heterocycles. The SMILES string of the molecule is COC(=O)CCc1cc2c(c(Cl)c1O)Oc1cc(O)ccc1N2O. The molecule has 2 aromatic carbocycles. The van der Waals surface area contributed by atoms with Gasteiger partial charge in [0.1, 0.15) is 27.9 Å². The molecule has 0 bridgehead atoms. The van der Waals surface area contributed by atoms with E-state index in [4.69, 9.17) is 16.3 Å². The topological polar surface area (TPSA) is 99.5 Å². The molecular weight excluding hydrogens is 338 g/mol. The molecule has 0 saturated heterocycles. The van der Waals surface area contributed by atoms with Crippen LogP contribution in [0.15, 0.2) is 24.3 Å². The van der Waals surface area contributed by atoms with Crippen molar-refractivity contribution in [3.8, 4) is 23.0 Å². The zero-order chi connectivity index (χ0) is 17.4. The molecule has 1 heterocycles. The number of fused-ring (bicyclic) bond motifs is 2. The quantitative estimate of drug-likeness (QED) is 0.728. The fraction of sp³-hybridized carbons (Fsp3) is 0.188. The Balaban J connectivity index is 2.03. The Morgan fingerprint density at radius 1 is 1.29 bits per heavy atom. The lowest BCUT2D eigenvalue weighted by molar-refractivity contribution is -0.140. The maximum atomic E-state index is 11.3. The van der Waals surface area contributed by atoms with Gasteiger partial charge in [-0.05, 0) is 30.2 Å². The number of aromatic hydroxyl groups is 2. The van der Waals surface area contributed by atoms with Crippen molar-refractivity contribution in [1.29, 1.82) is 0 Å². The Kier molecular flexibility index (Phi) is 4.13. The molecule has 24 heavy (non-hydrogen) atoms. The highest BCUT2D eigenvalue weighted by atomic mass is 35.5. The Hall–Kier alpha value is -2.64. The van der Waals surface area contributed by atoms with Gasteiger partial charge in [-0.25, -0.2) is 5.06 Å². The van der Waals surface area contributed by atoms with Crippen LogP contribution in [0.4, 0.5) is 11.4 Å². The van der Waals surface area contributed by atoms with Crippen LogP contribution in [0.5, 0.6) is 23.0 Å². The van der Waals surface area contributed by atoms with Crippen LogP contribution in [0.3, 0.4) is 0 Å². The summed E-state index contributed by atoms with van der Waals surface area (Å²) < 4.78 is 10.2. The number of carbonyl (C=O) groups excluding carboxylic acids is 1. The molecule has 1 aliphatic rings. The first-order valence-electron chi connectivity index (χ1n) is 7.03. The number of halogens is 1. The van der Waals surface area contributed by atoms with Crippen molar-refractivity contribution in [1.82, 2.24) is 0 Å². The number of ether oxygens (including phenoxy) is 2. The maximum Gasteiger partial charge on any atom is 0.305 e. The number of carbonyl (C=O) groups is 1. The second kappa shape index (κ2) is 6.10. The maximum absolute atomic E-state index is 11.3. The summed E-state index contributed by atoms with van der Waals surface area (Å²) in [6.45, 7) is 0. The third kappa shape index (κ3) is 2.68. The average Bonchev–Trinajstić information content (AvgIpc) is 2.57. The number of benzene rings is 2. The molecule has 0 fully saturated rings. The van der Waals surface area contributed by atoms with Gasteiger partial charge in [-0.2, -0.15) is 0 Å². The van der Waals surface area contributed by atoms with Crippen LogP contribution in [-0.4, -0.2) is 28.5 Å². The van der Waals surface area contributed by atoms with Crippen LogP contribution in [0.1, 0.15) is 12.0 Å². The van der Waals surface area contributed by atoms with E-state index in [9.17, 15) is 20.2 Å². The predicted octanol–water partition coefficient (Wildman–Crippen LogP) is 3.49. The van der Waals surface area contributed by atoms with Gasteiger partial charge in [0.05, 0.1) is 7.11 Å². The van der Waals surface area contributed by atoms with E-state index in [1.54, 1.807) is 0 Å². The molecule has 0 unspecified atom stereocenters. The van der Waals surface area contributed by atoms with E-state index in [2.05, 4.69) is 4.74 Å². The lowest BCUT2D eigenvalue weighted by Gasteiger charge is -2.29. The first-order valence-corrected chi connectivity index (χ1v) is 7.41. The molecule has 0 spiro atoms. The third-order valence-electron chi connectivity index (χ3n) is 3.69. The number of rotatable bonds is 3. The van der Waals surface area contributed by atoms with Gasteiger partial charge in [0.2, 0.25) is 0 Å². The monoisotopic (exact) mass is 351 g/mol. The van der Waals surface area contributed by atoms with Crippen molar-refractivity contribution in [3.63, 3.8) is 0 Å². The smallest absolute Gasteiger partial charge is 0.305 e. The van der Waals surface area contributed by atoms with E-state index in [1.807, 2.05) is 0 Å². The first kappa shape index (κ1) is 16.2. The average molecular weight is 352 g/mol. The highest BCUT2D eigenvalue weighted by Crippen LogP contribution is 2.53. The second-order valence-electron chi connectivity index (χ2n) is 5.19. The van der Waals surface area contributed by atoms with Crippen molar-refractivity contribution in [3.05, 3.63) is 34.9 Å². The summed E-state index contributed by atoms with van der Waals surface area (Å²) in [5, 5.41) is 30.9. The van der Waals surface area contributed by atoms with Crippen LogP contribution in [0, 0.1) is 0 Å². The Labute approximate surface area is 142 Å². The minimum Gasteiger partial charge on any atom is -0.508 e. The lowest BCUT2D eigenvalue weighted by Crippen LogP contribution is -2.17. The highest BCUT2D eigenvalue weighted by Gasteiger charge is 2.29. The van der Waals surface area contributed by atoms with Crippen molar-refractivity contribution in [2.75, 3.05) is 12.2 Å². The first-order chi connectivity index (χ1) is 11.4. The Morgan fingerprint density at radius 3 is 2.75 bits per heavy atom. The van der Waals surface area contributed by atoms with Gasteiger partial charge in [0, 0.05) is 12.5 Å². The standard InChI is InChI=1S/C16H14ClNO6/c1-23-13(20)5-2-8-6-11-16(14(17)15(8)21)24-12-7-9(19)3-4-10(12)18(11)22/h3-4,6-7,19,21-22H,2,5H2,1H3. The summed E-state index contributed by atoms with van der Waals surface area (Å²) in [6, 6.07) is 5.68. The van der Waals surface area contributed by atoms with Gasteiger partial charge in [-0.3, -0.25) is 10.0 Å². The summed E-state index contributed by atoms with van der Waals surface area (Å²) in [5.41, 5.74) is 0.894. The molecule has 126 valence electrons. The van der Waals surface area contributed by atoms with Gasteiger partial charge in [0.15, 0.2) is 11.5 Å². The predicted molar refractivity (Wildman–Crippen MR) is 85.6 cm³/mol. The minimum absolute atomic E-state index is 0.0411. The van der Waals surface area contributed by atoms with E-state index < -0.39 is 5.97 Å². The molecule has 0 saturated carbocycles. The fourth-order valence-corrected chi connectivity index (χ4v) is 2.70. The number of anilines is 2. The van der Waals surface area contributed by atoms with E-state index in [0.29, 0.717) is 11.3 Å². The second-order valence-corrected chi connectivity index (χ2v) is 5.57. The summed E-state index contributed by atoms with van der Waals surface area (Å²) in [6.07, 6.45) is 0.234.